The molecule has 0 spiro atoms. The average molecular weight is 444 g/mol. The van der Waals surface area contributed by atoms with Crippen LogP contribution in [-0.4, -0.2) is 37.2 Å². The van der Waals surface area contributed by atoms with Gasteiger partial charge in [0.15, 0.2) is 5.78 Å². The number of carbonyl (C=O) groups excluding carboxylic acids is 1. The van der Waals surface area contributed by atoms with Gasteiger partial charge in [0, 0.05) is 18.0 Å². The zero-order chi connectivity index (χ0) is 22.3. The van der Waals surface area contributed by atoms with E-state index in [1.807, 2.05) is 13.1 Å². The lowest BCUT2D eigenvalue weighted by molar-refractivity contribution is -0.166. The summed E-state index contributed by atoms with van der Waals surface area (Å²) in [5.41, 5.74) is -0.803. The Labute approximate surface area is 190 Å². The normalized spacial score (nSPS) is 48.1. The zero-order valence-electron chi connectivity index (χ0n) is 19.6. The Bertz CT molecular complexity index is 911. The van der Waals surface area contributed by atoms with Gasteiger partial charge in [0.2, 0.25) is 0 Å². The summed E-state index contributed by atoms with van der Waals surface area (Å²) in [7, 11) is 0. The van der Waals surface area contributed by atoms with Gasteiger partial charge in [-0.2, -0.15) is 0 Å². The molecular weight excluding hydrogens is 405 g/mol. The van der Waals surface area contributed by atoms with E-state index in [-0.39, 0.29) is 29.0 Å². The van der Waals surface area contributed by atoms with Gasteiger partial charge < -0.3 is 5.11 Å². The molecule has 1 heterocycles. The third-order valence-corrected chi connectivity index (χ3v) is 10.6. The summed E-state index contributed by atoms with van der Waals surface area (Å²) < 4.78 is 18.2. The summed E-state index contributed by atoms with van der Waals surface area (Å²) >= 11 is 0. The SMILES string of the molecule is C[C@@]1(O)CC[C@]2(F)C3CC[C@@]4(C)C(CC[C@@H]4C(=O)Cn4cc(C5CC5)nn4)[C@@H]3CC[C@@H]2C1. The molecule has 5 nitrogen and oxygen atoms in total. The van der Waals surface area contributed by atoms with E-state index in [1.54, 1.807) is 4.68 Å². The number of ketones is 1. The van der Waals surface area contributed by atoms with Gasteiger partial charge in [-0.1, -0.05) is 12.1 Å². The fourth-order valence-electron chi connectivity index (χ4n) is 8.73. The van der Waals surface area contributed by atoms with Crippen molar-refractivity contribution in [1.82, 2.24) is 15.0 Å². The molecule has 6 heteroatoms. The van der Waals surface area contributed by atoms with E-state index in [0.717, 1.165) is 44.2 Å². The van der Waals surface area contributed by atoms with Crippen LogP contribution in [0.4, 0.5) is 4.39 Å². The van der Waals surface area contributed by atoms with E-state index in [9.17, 15) is 9.90 Å². The minimum Gasteiger partial charge on any atom is -0.390 e. The van der Waals surface area contributed by atoms with Crippen LogP contribution in [-0.2, 0) is 11.3 Å². The van der Waals surface area contributed by atoms with Crippen LogP contribution in [0, 0.1) is 35.0 Å². The second-order valence-corrected chi connectivity index (χ2v) is 12.5. The van der Waals surface area contributed by atoms with Crippen LogP contribution in [0.15, 0.2) is 6.20 Å². The standard InChI is InChI=1S/C26H38FN3O2/c1-24(32)11-12-26(27)17(13-24)5-6-18-19-7-8-21(25(19,2)10-9-20(18)26)23(31)15-30-14-22(28-29-30)16-3-4-16/h14,16-21,32H,3-13,15H2,1-2H3/t17-,18+,19?,20?,21-,24-,25+,26-/m1/s1. The molecule has 176 valence electrons. The van der Waals surface area contributed by atoms with Gasteiger partial charge in [-0.15, -0.1) is 5.10 Å². The largest absolute Gasteiger partial charge is 0.390 e. The fraction of sp³-hybridized carbons (Fsp3) is 0.885. The third kappa shape index (κ3) is 3.22. The summed E-state index contributed by atoms with van der Waals surface area (Å²) in [6.45, 7) is 4.53. The Morgan fingerprint density at radius 2 is 1.91 bits per heavy atom. The second-order valence-electron chi connectivity index (χ2n) is 12.5. The van der Waals surface area contributed by atoms with Gasteiger partial charge in [0.25, 0.3) is 0 Å². The quantitative estimate of drug-likeness (QED) is 0.723. The number of hydrogen-bond acceptors (Lipinski definition) is 4. The monoisotopic (exact) mass is 443 g/mol. The Kier molecular flexibility index (Phi) is 4.71. The van der Waals surface area contributed by atoms with Crippen LogP contribution in [0.25, 0.3) is 0 Å². The van der Waals surface area contributed by atoms with Gasteiger partial charge >= 0.3 is 0 Å². The first-order valence-corrected chi connectivity index (χ1v) is 13.0. The Morgan fingerprint density at radius 1 is 1.09 bits per heavy atom. The molecule has 0 aliphatic heterocycles. The van der Waals surface area contributed by atoms with Crippen molar-refractivity contribution in [2.45, 2.75) is 108 Å². The van der Waals surface area contributed by atoms with Crippen molar-refractivity contribution in [3.8, 4) is 0 Å². The van der Waals surface area contributed by atoms with Gasteiger partial charge in [-0.05, 0) is 107 Å². The number of aliphatic hydroxyl groups is 1. The van der Waals surface area contributed by atoms with Crippen molar-refractivity contribution in [2.75, 3.05) is 0 Å². The molecule has 0 aromatic carbocycles. The highest BCUT2D eigenvalue weighted by molar-refractivity contribution is 5.82. The lowest BCUT2D eigenvalue weighted by atomic mass is 9.48. The highest BCUT2D eigenvalue weighted by atomic mass is 19.1. The molecule has 0 saturated heterocycles. The third-order valence-electron chi connectivity index (χ3n) is 10.6. The Balaban J connectivity index is 1.18. The number of halogens is 1. The van der Waals surface area contributed by atoms with Gasteiger partial charge in [0.05, 0.1) is 11.3 Å². The number of rotatable bonds is 4. The number of hydrogen-bond donors (Lipinski definition) is 1. The number of aromatic nitrogens is 3. The van der Waals surface area contributed by atoms with Crippen LogP contribution in [0.5, 0.6) is 0 Å². The van der Waals surface area contributed by atoms with E-state index < -0.39 is 11.3 Å². The van der Waals surface area contributed by atoms with Crippen molar-refractivity contribution in [3.05, 3.63) is 11.9 Å². The highest BCUT2D eigenvalue weighted by Gasteiger charge is 2.63. The molecule has 1 N–H and O–H groups in total. The van der Waals surface area contributed by atoms with E-state index in [2.05, 4.69) is 17.2 Å². The smallest absolute Gasteiger partial charge is 0.157 e. The van der Waals surface area contributed by atoms with E-state index in [4.69, 9.17) is 0 Å². The van der Waals surface area contributed by atoms with E-state index in [1.165, 1.54) is 12.8 Å². The van der Waals surface area contributed by atoms with Crippen LogP contribution in [0.3, 0.4) is 0 Å². The first kappa shape index (κ1) is 21.2. The molecule has 0 amide bonds. The number of carbonyl (C=O) groups is 1. The molecule has 2 unspecified atom stereocenters. The van der Waals surface area contributed by atoms with Crippen LogP contribution >= 0.6 is 0 Å². The Morgan fingerprint density at radius 3 is 2.69 bits per heavy atom. The summed E-state index contributed by atoms with van der Waals surface area (Å²) in [4.78, 5) is 13.4. The summed E-state index contributed by atoms with van der Waals surface area (Å²) in [6, 6.07) is 0. The number of fused-ring (bicyclic) bond motifs is 5. The predicted molar refractivity (Wildman–Crippen MR) is 119 cm³/mol. The second kappa shape index (κ2) is 7.10. The summed E-state index contributed by atoms with van der Waals surface area (Å²) in [5.74, 6) is 1.85. The average Bonchev–Trinajstić information content (AvgIpc) is 3.38. The maximum atomic E-state index is 16.5. The van der Waals surface area contributed by atoms with Crippen LogP contribution in [0.1, 0.15) is 96.1 Å². The molecule has 1 aromatic heterocycles. The lowest BCUT2D eigenvalue weighted by Crippen LogP contribution is -2.58. The molecule has 8 atom stereocenters. The lowest BCUT2D eigenvalue weighted by Gasteiger charge is -2.59. The van der Waals surface area contributed by atoms with Gasteiger partial charge in [0.1, 0.15) is 12.2 Å². The minimum absolute atomic E-state index is 0.00340. The molecule has 5 fully saturated rings. The molecule has 5 aliphatic carbocycles. The van der Waals surface area contributed by atoms with E-state index in [0.29, 0.717) is 43.6 Å². The van der Waals surface area contributed by atoms with Crippen molar-refractivity contribution in [2.24, 2.45) is 35.0 Å². The molecule has 5 saturated carbocycles. The van der Waals surface area contributed by atoms with Crippen molar-refractivity contribution >= 4 is 5.78 Å². The predicted octanol–water partition coefficient (Wildman–Crippen LogP) is 4.84. The molecule has 0 bridgehead atoms. The van der Waals surface area contributed by atoms with Crippen molar-refractivity contribution < 1.29 is 14.3 Å². The Hall–Kier alpha value is -1.30. The molecule has 32 heavy (non-hydrogen) atoms. The summed E-state index contributed by atoms with van der Waals surface area (Å²) in [5, 5.41) is 19.0. The van der Waals surface area contributed by atoms with E-state index >= 15 is 4.39 Å². The zero-order valence-corrected chi connectivity index (χ0v) is 19.6. The molecule has 5 aliphatic rings. The first-order chi connectivity index (χ1) is 15.2. The molecule has 6 rings (SSSR count). The molecule has 0 radical (unpaired) electrons. The number of nitrogens with zero attached hydrogens (tertiary/aromatic N) is 3. The van der Waals surface area contributed by atoms with Crippen LogP contribution in [0.2, 0.25) is 0 Å². The molecule has 1 aromatic rings. The van der Waals surface area contributed by atoms with Gasteiger partial charge in [-0.3, -0.25) is 4.79 Å². The summed E-state index contributed by atoms with van der Waals surface area (Å²) in [6.07, 6.45) is 11.8. The molecular formula is C26H38FN3O2. The number of Topliss-reactive ketones (excluding diaryl/α,β-unsaturated/α-hetero) is 1. The minimum atomic E-state index is -1.12. The first-order valence-electron chi connectivity index (χ1n) is 13.0. The van der Waals surface area contributed by atoms with Crippen molar-refractivity contribution in [1.29, 1.82) is 0 Å². The van der Waals surface area contributed by atoms with Crippen molar-refractivity contribution in [3.63, 3.8) is 0 Å². The fourth-order valence-corrected chi connectivity index (χ4v) is 8.73. The topological polar surface area (TPSA) is 68.0 Å². The van der Waals surface area contributed by atoms with Crippen LogP contribution < -0.4 is 0 Å². The highest BCUT2D eigenvalue weighted by Crippen LogP contribution is 2.66. The number of alkyl halides is 1. The maximum absolute atomic E-state index is 16.5. The maximum Gasteiger partial charge on any atom is 0.157 e. The van der Waals surface area contributed by atoms with Gasteiger partial charge in [-0.25, -0.2) is 9.07 Å².